The summed E-state index contributed by atoms with van der Waals surface area (Å²) < 4.78 is 14.3. The van der Waals surface area contributed by atoms with E-state index in [4.69, 9.17) is 9.47 Å². The van der Waals surface area contributed by atoms with Crippen molar-refractivity contribution in [3.8, 4) is 11.5 Å². The van der Waals surface area contributed by atoms with Gasteiger partial charge in [0, 0.05) is 35.9 Å². The molecule has 0 atom stereocenters. The van der Waals surface area contributed by atoms with Crippen LogP contribution in [0.25, 0.3) is 0 Å². The molecule has 3 aromatic rings. The first-order valence-electron chi connectivity index (χ1n) is 8.77. The quantitative estimate of drug-likeness (QED) is 0.364. The summed E-state index contributed by atoms with van der Waals surface area (Å²) in [4.78, 5) is 0. The second kappa shape index (κ2) is 10.4. The van der Waals surface area contributed by atoms with Crippen LogP contribution in [0.4, 0.5) is 0 Å². The zero-order chi connectivity index (χ0) is 19.8. The first-order valence-corrected chi connectivity index (χ1v) is 10.5. The highest BCUT2D eigenvalue weighted by Gasteiger charge is 2.15. The smallest absolute Gasteiger partial charge is 0.209 e. The number of aryl methyl sites for hydroxylation is 1. The molecule has 1 N–H and O–H groups in total. The molecule has 28 heavy (non-hydrogen) atoms. The minimum Gasteiger partial charge on any atom is -0.493 e. The predicted octanol–water partition coefficient (Wildman–Crippen LogP) is 3.44. The second-order valence-electron chi connectivity index (χ2n) is 5.94. The molecule has 0 saturated heterocycles. The maximum absolute atomic E-state index is 6.13. The van der Waals surface area contributed by atoms with Gasteiger partial charge in [0.05, 0.1) is 7.11 Å². The summed E-state index contributed by atoms with van der Waals surface area (Å²) in [5.74, 6) is 2.32. The van der Waals surface area contributed by atoms with Gasteiger partial charge in [-0.25, -0.2) is 4.68 Å². The molecule has 0 aliphatic heterocycles. The maximum atomic E-state index is 6.13. The molecule has 0 radical (unpaired) electrons. The molecule has 1 aromatic heterocycles. The molecule has 7 nitrogen and oxygen atoms in total. The monoisotopic (exact) mass is 463 g/mol. The maximum Gasteiger partial charge on any atom is 0.209 e. The van der Waals surface area contributed by atoms with Crippen molar-refractivity contribution in [1.82, 2.24) is 25.5 Å². The lowest BCUT2D eigenvalue weighted by molar-refractivity contribution is 0.280. The topological polar surface area (TPSA) is 74.1 Å². The molecule has 0 spiro atoms. The van der Waals surface area contributed by atoms with Crippen molar-refractivity contribution >= 4 is 27.7 Å². The third-order valence-electron chi connectivity index (χ3n) is 4.01. The minimum atomic E-state index is 0.482. The summed E-state index contributed by atoms with van der Waals surface area (Å²) in [5.41, 5.74) is 2.14. The molecule has 2 aromatic carbocycles. The van der Waals surface area contributed by atoms with Crippen molar-refractivity contribution in [3.63, 3.8) is 0 Å². The molecule has 0 amide bonds. The molecule has 3 rings (SSSR count). The van der Waals surface area contributed by atoms with Gasteiger partial charge in [-0.2, -0.15) is 0 Å². The lowest BCUT2D eigenvalue weighted by Gasteiger charge is -2.17. The Morgan fingerprint density at radius 1 is 1.18 bits per heavy atom. The first-order chi connectivity index (χ1) is 13.7. The Bertz CT molecular complexity index is 891. The number of thioether (sulfide) groups is 1. The van der Waals surface area contributed by atoms with E-state index in [1.54, 1.807) is 23.6 Å². The van der Waals surface area contributed by atoms with Crippen molar-refractivity contribution in [2.45, 2.75) is 18.3 Å². The van der Waals surface area contributed by atoms with Gasteiger partial charge in [-0.1, -0.05) is 58.0 Å². The van der Waals surface area contributed by atoms with Gasteiger partial charge >= 0.3 is 0 Å². The fourth-order valence-corrected chi connectivity index (χ4v) is 3.77. The van der Waals surface area contributed by atoms with Gasteiger partial charge in [-0.3, -0.25) is 0 Å². The summed E-state index contributed by atoms with van der Waals surface area (Å²) >= 11 is 5.25. The zero-order valence-corrected chi connectivity index (χ0v) is 18.2. The zero-order valence-electron chi connectivity index (χ0n) is 15.8. The Kier molecular flexibility index (Phi) is 7.70. The molecule has 0 unspecified atom stereocenters. The number of benzene rings is 2. The highest BCUT2D eigenvalue weighted by molar-refractivity contribution is 9.10. The van der Waals surface area contributed by atoms with Gasteiger partial charge < -0.3 is 14.8 Å². The number of halogens is 1. The van der Waals surface area contributed by atoms with E-state index in [2.05, 4.69) is 36.8 Å². The molecule has 148 valence electrons. The second-order valence-corrected chi connectivity index (χ2v) is 7.86. The third kappa shape index (κ3) is 5.46. The van der Waals surface area contributed by atoms with Crippen molar-refractivity contribution < 1.29 is 9.47 Å². The number of rotatable bonds is 10. The number of ether oxygens (including phenoxy) is 2. The molecule has 0 aliphatic rings. The van der Waals surface area contributed by atoms with E-state index in [-0.39, 0.29) is 0 Å². The number of nitrogens with zero attached hydrogens (tertiary/aromatic N) is 4. The molecule has 9 heteroatoms. The molecule has 0 aliphatic carbocycles. The van der Waals surface area contributed by atoms with E-state index in [9.17, 15) is 0 Å². The first kappa shape index (κ1) is 20.6. The Morgan fingerprint density at radius 2 is 2.00 bits per heavy atom. The average Bonchev–Trinajstić information content (AvgIpc) is 3.13. The number of hydrogen-bond acceptors (Lipinski definition) is 7. The largest absolute Gasteiger partial charge is 0.493 e. The SMILES string of the molecule is COc1ccc(Br)c(CNCCSc2nnnn2C)c1OCc1ccccc1. The van der Waals surface area contributed by atoms with Crippen LogP contribution >= 0.6 is 27.7 Å². The minimum absolute atomic E-state index is 0.482. The fraction of sp³-hybridized carbons (Fsp3) is 0.316. The van der Waals surface area contributed by atoms with Crippen LogP contribution in [0.3, 0.4) is 0 Å². The summed E-state index contributed by atoms with van der Waals surface area (Å²) in [5, 5.41) is 15.7. The van der Waals surface area contributed by atoms with Gasteiger partial charge in [0.2, 0.25) is 5.16 Å². The van der Waals surface area contributed by atoms with Crippen LogP contribution in [0.1, 0.15) is 11.1 Å². The Hall–Kier alpha value is -2.10. The van der Waals surface area contributed by atoms with Crippen molar-refractivity contribution in [3.05, 3.63) is 58.1 Å². The van der Waals surface area contributed by atoms with E-state index in [1.165, 1.54) is 0 Å². The van der Waals surface area contributed by atoms with Crippen LogP contribution in [0.15, 0.2) is 52.1 Å². The van der Waals surface area contributed by atoms with Gasteiger partial charge in [0.25, 0.3) is 0 Å². The predicted molar refractivity (Wildman–Crippen MR) is 113 cm³/mol. The highest BCUT2D eigenvalue weighted by atomic mass is 79.9. The fourth-order valence-electron chi connectivity index (χ4n) is 2.57. The van der Waals surface area contributed by atoms with Gasteiger partial charge in [0.1, 0.15) is 6.61 Å². The van der Waals surface area contributed by atoms with E-state index in [1.807, 2.05) is 49.5 Å². The van der Waals surface area contributed by atoms with E-state index in [0.29, 0.717) is 13.2 Å². The van der Waals surface area contributed by atoms with Gasteiger partial charge in [-0.15, -0.1) is 5.10 Å². The molecular formula is C19H22BrN5O2S. The molecule has 0 saturated carbocycles. The van der Waals surface area contributed by atoms with Crippen molar-refractivity contribution in [2.75, 3.05) is 19.4 Å². The van der Waals surface area contributed by atoms with Gasteiger partial charge in [-0.05, 0) is 28.1 Å². The Morgan fingerprint density at radius 3 is 2.71 bits per heavy atom. The highest BCUT2D eigenvalue weighted by Crippen LogP contribution is 2.36. The lowest BCUT2D eigenvalue weighted by atomic mass is 10.1. The van der Waals surface area contributed by atoms with Gasteiger partial charge in [0.15, 0.2) is 11.5 Å². The number of methoxy groups -OCH3 is 1. The number of aromatic nitrogens is 4. The van der Waals surface area contributed by atoms with E-state index >= 15 is 0 Å². The number of tetrazole rings is 1. The van der Waals surface area contributed by atoms with Crippen LogP contribution in [-0.4, -0.2) is 39.6 Å². The third-order valence-corrected chi connectivity index (χ3v) is 5.76. The Labute approximate surface area is 176 Å². The normalized spacial score (nSPS) is 10.8. The summed E-state index contributed by atoms with van der Waals surface area (Å²) in [6.45, 7) is 1.94. The van der Waals surface area contributed by atoms with Crippen LogP contribution in [0.2, 0.25) is 0 Å². The summed E-state index contributed by atoms with van der Waals surface area (Å²) in [7, 11) is 3.49. The van der Waals surface area contributed by atoms with Crippen LogP contribution < -0.4 is 14.8 Å². The molecular weight excluding hydrogens is 442 g/mol. The standard InChI is InChI=1S/C19H22BrN5O2S/c1-25-19(22-23-24-25)28-11-10-21-12-15-16(20)8-9-17(26-2)18(15)27-13-14-6-4-3-5-7-14/h3-9,21H,10-13H2,1-2H3. The van der Waals surface area contributed by atoms with E-state index < -0.39 is 0 Å². The summed E-state index contributed by atoms with van der Waals surface area (Å²) in [6.07, 6.45) is 0. The van der Waals surface area contributed by atoms with Crippen molar-refractivity contribution in [2.24, 2.45) is 7.05 Å². The number of hydrogen-bond donors (Lipinski definition) is 1. The van der Waals surface area contributed by atoms with Crippen molar-refractivity contribution in [1.29, 1.82) is 0 Å². The van der Waals surface area contributed by atoms with Crippen LogP contribution in [-0.2, 0) is 20.2 Å². The molecule has 0 bridgehead atoms. The Balaban J connectivity index is 1.61. The van der Waals surface area contributed by atoms with Crippen LogP contribution in [0.5, 0.6) is 11.5 Å². The summed E-state index contributed by atoms with van der Waals surface area (Å²) in [6, 6.07) is 14.0. The molecule has 0 fully saturated rings. The lowest BCUT2D eigenvalue weighted by Crippen LogP contribution is -2.18. The van der Waals surface area contributed by atoms with Crippen LogP contribution in [0, 0.1) is 0 Å². The average molecular weight is 464 g/mol. The number of nitrogens with one attached hydrogen (secondary N) is 1. The van der Waals surface area contributed by atoms with E-state index in [0.717, 1.165) is 44.6 Å². The molecule has 1 heterocycles.